The number of nitrogens with two attached hydrogens (primary N) is 1. The summed E-state index contributed by atoms with van der Waals surface area (Å²) < 4.78 is 7.47. The smallest absolute Gasteiger partial charge is 0.281 e. The molecule has 0 aliphatic heterocycles. The first kappa shape index (κ1) is 19.0. The van der Waals surface area contributed by atoms with Gasteiger partial charge in [0.1, 0.15) is 5.75 Å². The molecule has 0 fully saturated rings. The number of rotatable bonds is 6. The molecule has 0 radical (unpaired) electrons. The number of carbonyl (C=O) groups is 1. The Morgan fingerprint density at radius 1 is 1.26 bits per heavy atom. The molecule has 2 N–H and O–H groups in total. The predicted octanol–water partition coefficient (Wildman–Crippen LogP) is 3.02. The molecular formula is C20H22N4O2S. The first-order valence-electron chi connectivity index (χ1n) is 8.75. The van der Waals surface area contributed by atoms with Gasteiger partial charge >= 0.3 is 0 Å². The van der Waals surface area contributed by atoms with Gasteiger partial charge in [-0.25, -0.2) is 0 Å². The van der Waals surface area contributed by atoms with Crippen LogP contribution >= 0.6 is 11.3 Å². The van der Waals surface area contributed by atoms with Crippen LogP contribution in [0.3, 0.4) is 0 Å². The molecule has 3 aromatic rings. The Morgan fingerprint density at radius 2 is 2.04 bits per heavy atom. The van der Waals surface area contributed by atoms with Gasteiger partial charge in [0.15, 0.2) is 4.80 Å². The van der Waals surface area contributed by atoms with Crippen molar-refractivity contribution in [3.05, 3.63) is 64.0 Å². The van der Waals surface area contributed by atoms with Gasteiger partial charge in [-0.05, 0) is 55.8 Å². The van der Waals surface area contributed by atoms with Crippen LogP contribution in [-0.2, 0) is 6.54 Å². The monoisotopic (exact) mass is 382 g/mol. The Morgan fingerprint density at radius 3 is 2.67 bits per heavy atom. The van der Waals surface area contributed by atoms with E-state index in [9.17, 15) is 4.79 Å². The quantitative estimate of drug-likeness (QED) is 0.710. The predicted molar refractivity (Wildman–Crippen MR) is 107 cm³/mol. The molecule has 6 nitrogen and oxygen atoms in total. The normalized spacial score (nSPS) is 11.6. The molecule has 0 aliphatic carbocycles. The molecule has 3 rings (SSSR count). The summed E-state index contributed by atoms with van der Waals surface area (Å²) in [6, 6.07) is 11.4. The number of ether oxygens (including phenoxy) is 1. The molecule has 2 aromatic heterocycles. The Bertz CT molecular complexity index is 972. The zero-order valence-electron chi connectivity index (χ0n) is 15.4. The van der Waals surface area contributed by atoms with Crippen LogP contribution < -0.4 is 15.3 Å². The van der Waals surface area contributed by atoms with Crippen LogP contribution in [0.15, 0.2) is 53.0 Å². The average Bonchev–Trinajstić information content (AvgIpc) is 3.06. The largest absolute Gasteiger partial charge is 0.494 e. The van der Waals surface area contributed by atoms with Crippen LogP contribution in [-0.4, -0.2) is 28.6 Å². The number of amides is 1. The Balaban J connectivity index is 1.97. The van der Waals surface area contributed by atoms with E-state index >= 15 is 0 Å². The Hall–Kier alpha value is -2.77. The van der Waals surface area contributed by atoms with Gasteiger partial charge in [-0.1, -0.05) is 0 Å². The van der Waals surface area contributed by atoms with E-state index in [2.05, 4.69) is 9.98 Å². The maximum atomic E-state index is 12.5. The number of hydrogen-bond donors (Lipinski definition) is 1. The number of aromatic nitrogens is 2. The second-order valence-corrected chi connectivity index (χ2v) is 6.74. The third-order valence-corrected chi connectivity index (χ3v) is 4.83. The highest BCUT2D eigenvalue weighted by Crippen LogP contribution is 2.23. The van der Waals surface area contributed by atoms with Crippen molar-refractivity contribution < 1.29 is 9.53 Å². The molecule has 0 saturated heterocycles. The van der Waals surface area contributed by atoms with E-state index in [4.69, 9.17) is 10.5 Å². The summed E-state index contributed by atoms with van der Waals surface area (Å²) in [5.41, 5.74) is 9.11. The molecule has 0 spiro atoms. The maximum absolute atomic E-state index is 12.5. The van der Waals surface area contributed by atoms with Gasteiger partial charge in [-0.3, -0.25) is 9.78 Å². The Labute approximate surface area is 162 Å². The second-order valence-electron chi connectivity index (χ2n) is 5.91. The van der Waals surface area contributed by atoms with Gasteiger partial charge in [0.05, 0.1) is 17.9 Å². The molecule has 0 atom stereocenters. The van der Waals surface area contributed by atoms with E-state index in [1.807, 2.05) is 48.1 Å². The highest BCUT2D eigenvalue weighted by Gasteiger charge is 2.10. The molecule has 0 bridgehead atoms. The summed E-state index contributed by atoms with van der Waals surface area (Å²) in [6.07, 6.45) is 1.55. The summed E-state index contributed by atoms with van der Waals surface area (Å²) in [5, 5.41) is 1.99. The van der Waals surface area contributed by atoms with Gasteiger partial charge in [0.2, 0.25) is 0 Å². The lowest BCUT2D eigenvalue weighted by Gasteiger charge is -2.09. The number of thiazole rings is 1. The average molecular weight is 382 g/mol. The molecule has 0 aliphatic rings. The van der Waals surface area contributed by atoms with E-state index in [0.717, 1.165) is 22.7 Å². The summed E-state index contributed by atoms with van der Waals surface area (Å²) in [5.74, 6) is 0.516. The minimum absolute atomic E-state index is 0.312. The van der Waals surface area contributed by atoms with Crippen molar-refractivity contribution in [3.8, 4) is 17.0 Å². The summed E-state index contributed by atoms with van der Waals surface area (Å²) in [4.78, 5) is 21.6. The second kappa shape index (κ2) is 8.75. The van der Waals surface area contributed by atoms with Crippen LogP contribution in [0.25, 0.3) is 11.3 Å². The van der Waals surface area contributed by atoms with Crippen molar-refractivity contribution in [2.45, 2.75) is 20.4 Å². The summed E-state index contributed by atoms with van der Waals surface area (Å²) in [7, 11) is 0. The molecule has 0 saturated carbocycles. The summed E-state index contributed by atoms with van der Waals surface area (Å²) in [6.45, 7) is 5.49. The van der Waals surface area contributed by atoms with Gasteiger partial charge < -0.3 is 15.0 Å². The highest BCUT2D eigenvalue weighted by atomic mass is 32.1. The number of nitrogens with zero attached hydrogens (tertiary/aromatic N) is 3. The lowest BCUT2D eigenvalue weighted by molar-refractivity contribution is 0.0997. The Kier molecular flexibility index (Phi) is 6.16. The van der Waals surface area contributed by atoms with E-state index in [1.54, 1.807) is 18.3 Å². The standard InChI is InChI=1S/C20H22N4O2S/c1-3-26-17-8-6-15(7-9-17)18-13-27-20(24(18)11-10-21)23-19(25)16-5-4-14(2)22-12-16/h4-9,12-13H,3,10-11,21H2,1-2H3. The number of aryl methyl sites for hydroxylation is 1. The fraction of sp³-hybridized carbons (Fsp3) is 0.250. The topological polar surface area (TPSA) is 82.5 Å². The van der Waals surface area contributed by atoms with Gasteiger partial charge in [0, 0.05) is 30.4 Å². The fourth-order valence-electron chi connectivity index (χ4n) is 2.63. The molecule has 2 heterocycles. The minimum atomic E-state index is -0.312. The van der Waals surface area contributed by atoms with Crippen LogP contribution in [0.2, 0.25) is 0 Å². The third kappa shape index (κ3) is 4.50. The minimum Gasteiger partial charge on any atom is -0.494 e. The molecule has 0 unspecified atom stereocenters. The van der Waals surface area contributed by atoms with E-state index < -0.39 is 0 Å². The van der Waals surface area contributed by atoms with Crippen LogP contribution in [0, 0.1) is 6.92 Å². The van der Waals surface area contributed by atoms with E-state index in [-0.39, 0.29) is 5.91 Å². The number of hydrogen-bond acceptors (Lipinski definition) is 5. The maximum Gasteiger partial charge on any atom is 0.281 e. The third-order valence-electron chi connectivity index (χ3n) is 3.97. The van der Waals surface area contributed by atoms with Crippen molar-refractivity contribution in [2.24, 2.45) is 10.7 Å². The van der Waals surface area contributed by atoms with Crippen molar-refractivity contribution >= 4 is 17.2 Å². The molecule has 1 aromatic carbocycles. The lowest BCUT2D eigenvalue weighted by Crippen LogP contribution is -2.22. The van der Waals surface area contributed by atoms with Gasteiger partial charge in [-0.2, -0.15) is 4.99 Å². The van der Waals surface area contributed by atoms with Crippen molar-refractivity contribution in [3.63, 3.8) is 0 Å². The van der Waals surface area contributed by atoms with Crippen LogP contribution in [0.4, 0.5) is 0 Å². The fourth-order valence-corrected chi connectivity index (χ4v) is 3.56. The van der Waals surface area contributed by atoms with E-state index in [1.165, 1.54) is 11.3 Å². The number of pyridine rings is 1. The van der Waals surface area contributed by atoms with Crippen molar-refractivity contribution in [1.82, 2.24) is 9.55 Å². The molecule has 1 amide bonds. The van der Waals surface area contributed by atoms with Gasteiger partial charge in [-0.15, -0.1) is 11.3 Å². The van der Waals surface area contributed by atoms with Crippen LogP contribution in [0.5, 0.6) is 5.75 Å². The highest BCUT2D eigenvalue weighted by molar-refractivity contribution is 7.07. The first-order valence-corrected chi connectivity index (χ1v) is 9.63. The molecule has 7 heteroatoms. The van der Waals surface area contributed by atoms with Crippen LogP contribution in [0.1, 0.15) is 23.0 Å². The number of benzene rings is 1. The van der Waals surface area contributed by atoms with Gasteiger partial charge in [0.25, 0.3) is 5.91 Å². The number of carbonyl (C=O) groups excluding carboxylic acids is 1. The molecule has 140 valence electrons. The van der Waals surface area contributed by atoms with Crippen molar-refractivity contribution in [1.29, 1.82) is 0 Å². The lowest BCUT2D eigenvalue weighted by atomic mass is 10.1. The molecular weight excluding hydrogens is 360 g/mol. The first-order chi connectivity index (χ1) is 13.1. The van der Waals surface area contributed by atoms with E-state index in [0.29, 0.717) is 30.1 Å². The van der Waals surface area contributed by atoms with Crippen molar-refractivity contribution in [2.75, 3.05) is 13.2 Å². The summed E-state index contributed by atoms with van der Waals surface area (Å²) >= 11 is 1.42. The zero-order chi connectivity index (χ0) is 19.2. The molecule has 27 heavy (non-hydrogen) atoms. The SMILES string of the molecule is CCOc1ccc(-c2csc(=NC(=O)c3ccc(C)nc3)n2CCN)cc1. The zero-order valence-corrected chi connectivity index (χ0v) is 16.2.